The molecule has 6 heteroatoms. The maximum atomic E-state index is 6.00. The van der Waals surface area contributed by atoms with Gasteiger partial charge in [-0.15, -0.1) is 24.8 Å². The molecule has 0 radical (unpaired) electrons. The molecule has 20 heavy (non-hydrogen) atoms. The summed E-state index contributed by atoms with van der Waals surface area (Å²) in [6.45, 7) is 6.28. The minimum Gasteiger partial charge on any atom is -0.353 e. The Morgan fingerprint density at radius 3 is 2.70 bits per heavy atom. The van der Waals surface area contributed by atoms with Gasteiger partial charge in [0.2, 0.25) is 0 Å². The van der Waals surface area contributed by atoms with E-state index < -0.39 is 0 Å². The Morgan fingerprint density at radius 1 is 1.35 bits per heavy atom. The Hall–Kier alpha value is -0.970. The summed E-state index contributed by atoms with van der Waals surface area (Å²) in [6, 6.07) is 4.47. The molecule has 4 nitrogen and oxygen atoms in total. The smallest absolute Gasteiger partial charge is 0.153 e. The number of aromatic nitrogens is 2. The van der Waals surface area contributed by atoms with Crippen LogP contribution in [0.15, 0.2) is 24.5 Å². The lowest BCUT2D eigenvalue weighted by atomic mass is 10.1. The third kappa shape index (κ3) is 3.03. The quantitative estimate of drug-likeness (QED) is 0.926. The summed E-state index contributed by atoms with van der Waals surface area (Å²) in [4.78, 5) is 7.15. The molecule has 0 amide bonds. The lowest BCUT2D eigenvalue weighted by Crippen LogP contribution is -2.27. The highest BCUT2D eigenvalue weighted by Crippen LogP contribution is 2.26. The molecular weight excluding hydrogens is 295 g/mol. The third-order valence-corrected chi connectivity index (χ3v) is 3.63. The lowest BCUT2D eigenvalue weighted by molar-refractivity contribution is 0.750. The summed E-state index contributed by atoms with van der Waals surface area (Å²) in [5, 5.41) is 0. The summed E-state index contributed by atoms with van der Waals surface area (Å²) in [6.07, 6.45) is 5.27. The van der Waals surface area contributed by atoms with Crippen molar-refractivity contribution in [2.45, 2.75) is 32.2 Å². The molecule has 112 valence electrons. The summed E-state index contributed by atoms with van der Waals surface area (Å²) in [5.74, 6) is 1.52. The van der Waals surface area contributed by atoms with Crippen molar-refractivity contribution in [3.05, 3.63) is 30.2 Å². The first-order chi connectivity index (χ1) is 8.65. The van der Waals surface area contributed by atoms with E-state index in [2.05, 4.69) is 47.7 Å². The van der Waals surface area contributed by atoms with Gasteiger partial charge in [-0.05, 0) is 24.5 Å². The molecule has 1 aliphatic rings. The second-order valence-electron chi connectivity index (χ2n) is 5.44. The standard InChI is InChI=1S/C14H20N4.2ClH/c1-10(2)12-9-17-6-3-4-13(17)14(16-12)18-7-5-11(15)8-18;;/h3-4,6,9-11H,5,7-8,15H2,1-2H3;2*1H. The van der Waals surface area contributed by atoms with Crippen molar-refractivity contribution in [1.82, 2.24) is 9.38 Å². The van der Waals surface area contributed by atoms with E-state index in [9.17, 15) is 0 Å². The monoisotopic (exact) mass is 316 g/mol. The van der Waals surface area contributed by atoms with E-state index in [1.54, 1.807) is 0 Å². The molecular formula is C14H22Cl2N4. The van der Waals surface area contributed by atoms with Crippen LogP contribution in [-0.4, -0.2) is 28.5 Å². The van der Waals surface area contributed by atoms with Crippen LogP contribution < -0.4 is 10.6 Å². The Kier molecular flexibility index (Phi) is 5.68. The predicted molar refractivity (Wildman–Crippen MR) is 88.6 cm³/mol. The van der Waals surface area contributed by atoms with Crippen molar-refractivity contribution in [2.75, 3.05) is 18.0 Å². The van der Waals surface area contributed by atoms with Crippen LogP contribution in [0.4, 0.5) is 5.82 Å². The second-order valence-corrected chi connectivity index (χ2v) is 5.44. The summed E-state index contributed by atoms with van der Waals surface area (Å²) in [5.41, 5.74) is 8.31. The van der Waals surface area contributed by atoms with E-state index in [1.807, 2.05) is 0 Å². The molecule has 0 spiro atoms. The number of hydrogen-bond acceptors (Lipinski definition) is 3. The summed E-state index contributed by atoms with van der Waals surface area (Å²) < 4.78 is 2.17. The van der Waals surface area contributed by atoms with Crippen LogP contribution in [0.25, 0.3) is 5.52 Å². The average Bonchev–Trinajstić information content (AvgIpc) is 2.95. The van der Waals surface area contributed by atoms with Crippen molar-refractivity contribution >= 4 is 36.1 Å². The SMILES string of the molecule is CC(C)c1cn2cccc2c(N2CCC(N)C2)n1.Cl.Cl. The zero-order valence-corrected chi connectivity index (χ0v) is 13.5. The van der Waals surface area contributed by atoms with Crippen LogP contribution in [-0.2, 0) is 0 Å². The van der Waals surface area contributed by atoms with E-state index in [4.69, 9.17) is 10.7 Å². The zero-order valence-electron chi connectivity index (χ0n) is 11.8. The Balaban J connectivity index is 0.000001000. The van der Waals surface area contributed by atoms with Crippen molar-refractivity contribution in [1.29, 1.82) is 0 Å². The maximum Gasteiger partial charge on any atom is 0.153 e. The first kappa shape index (κ1) is 17.1. The molecule has 3 rings (SSSR count). The number of fused-ring (bicyclic) bond motifs is 1. The van der Waals surface area contributed by atoms with Gasteiger partial charge in [-0.25, -0.2) is 4.98 Å². The van der Waals surface area contributed by atoms with E-state index in [0.717, 1.165) is 31.0 Å². The molecule has 1 unspecified atom stereocenters. The molecule has 0 saturated carbocycles. The van der Waals surface area contributed by atoms with Gasteiger partial charge >= 0.3 is 0 Å². The van der Waals surface area contributed by atoms with Crippen LogP contribution in [0.2, 0.25) is 0 Å². The van der Waals surface area contributed by atoms with E-state index in [-0.39, 0.29) is 30.9 Å². The molecule has 3 heterocycles. The molecule has 2 aromatic rings. The van der Waals surface area contributed by atoms with Gasteiger partial charge in [0.15, 0.2) is 5.82 Å². The molecule has 1 aliphatic heterocycles. The first-order valence-corrected chi connectivity index (χ1v) is 6.63. The first-order valence-electron chi connectivity index (χ1n) is 6.63. The van der Waals surface area contributed by atoms with Gasteiger partial charge in [0.05, 0.1) is 11.2 Å². The van der Waals surface area contributed by atoms with Crippen molar-refractivity contribution in [3.8, 4) is 0 Å². The predicted octanol–water partition coefficient (Wildman–Crippen LogP) is 2.84. The zero-order chi connectivity index (χ0) is 12.7. The number of hydrogen-bond donors (Lipinski definition) is 1. The van der Waals surface area contributed by atoms with E-state index >= 15 is 0 Å². The molecule has 1 saturated heterocycles. The highest BCUT2D eigenvalue weighted by Gasteiger charge is 2.23. The highest BCUT2D eigenvalue weighted by atomic mass is 35.5. The molecule has 1 fully saturated rings. The Morgan fingerprint density at radius 2 is 2.10 bits per heavy atom. The topological polar surface area (TPSA) is 46.6 Å². The Bertz CT molecular complexity index is 567. The average molecular weight is 317 g/mol. The Labute approximate surface area is 132 Å². The molecule has 1 atom stereocenters. The molecule has 2 N–H and O–H groups in total. The van der Waals surface area contributed by atoms with Crippen LogP contribution in [0.3, 0.4) is 0 Å². The van der Waals surface area contributed by atoms with Crippen LogP contribution in [0.1, 0.15) is 31.9 Å². The van der Waals surface area contributed by atoms with Gasteiger partial charge < -0.3 is 15.0 Å². The minimum absolute atomic E-state index is 0. The van der Waals surface area contributed by atoms with Gasteiger partial charge in [-0.3, -0.25) is 0 Å². The lowest BCUT2D eigenvalue weighted by Gasteiger charge is -2.20. The second kappa shape index (κ2) is 6.66. The number of halogens is 2. The molecule has 0 bridgehead atoms. The van der Waals surface area contributed by atoms with Crippen LogP contribution in [0.5, 0.6) is 0 Å². The minimum atomic E-state index is 0. The highest BCUT2D eigenvalue weighted by molar-refractivity contribution is 5.85. The number of nitrogens with zero attached hydrogens (tertiary/aromatic N) is 3. The largest absolute Gasteiger partial charge is 0.353 e. The van der Waals surface area contributed by atoms with Gasteiger partial charge in [-0.1, -0.05) is 13.8 Å². The van der Waals surface area contributed by atoms with Crippen LogP contribution in [0, 0.1) is 0 Å². The van der Waals surface area contributed by atoms with E-state index in [0.29, 0.717) is 5.92 Å². The summed E-state index contributed by atoms with van der Waals surface area (Å²) in [7, 11) is 0. The molecule has 0 aliphatic carbocycles. The van der Waals surface area contributed by atoms with Gasteiger partial charge in [-0.2, -0.15) is 0 Å². The van der Waals surface area contributed by atoms with Gasteiger partial charge in [0.25, 0.3) is 0 Å². The normalized spacial score (nSPS) is 18.2. The fraction of sp³-hybridized carbons (Fsp3) is 0.500. The number of rotatable bonds is 2. The van der Waals surface area contributed by atoms with Crippen molar-refractivity contribution in [2.24, 2.45) is 5.73 Å². The van der Waals surface area contributed by atoms with E-state index in [1.165, 1.54) is 5.52 Å². The fourth-order valence-corrected chi connectivity index (χ4v) is 2.54. The number of anilines is 1. The fourth-order valence-electron chi connectivity index (χ4n) is 2.54. The van der Waals surface area contributed by atoms with Crippen molar-refractivity contribution < 1.29 is 0 Å². The van der Waals surface area contributed by atoms with Gasteiger partial charge in [0, 0.05) is 31.5 Å². The maximum absolute atomic E-state index is 6.00. The number of nitrogens with two attached hydrogens (primary N) is 1. The summed E-state index contributed by atoms with van der Waals surface area (Å²) >= 11 is 0. The molecule has 2 aromatic heterocycles. The van der Waals surface area contributed by atoms with Crippen molar-refractivity contribution in [3.63, 3.8) is 0 Å². The molecule has 0 aromatic carbocycles. The van der Waals surface area contributed by atoms with Crippen LogP contribution >= 0.6 is 24.8 Å². The third-order valence-electron chi connectivity index (χ3n) is 3.63. The van der Waals surface area contributed by atoms with Gasteiger partial charge in [0.1, 0.15) is 0 Å².